The maximum absolute atomic E-state index is 12.7. The van der Waals surface area contributed by atoms with Gasteiger partial charge in [-0.15, -0.1) is 0 Å². The summed E-state index contributed by atoms with van der Waals surface area (Å²) in [7, 11) is 0. The van der Waals surface area contributed by atoms with Crippen molar-refractivity contribution in [1.82, 2.24) is 5.32 Å². The van der Waals surface area contributed by atoms with Crippen LogP contribution >= 0.6 is 0 Å². The average Bonchev–Trinajstić information content (AvgIpc) is 3.05. The summed E-state index contributed by atoms with van der Waals surface area (Å²) in [5.41, 5.74) is 17.5. The van der Waals surface area contributed by atoms with Crippen LogP contribution in [0.4, 0.5) is 0 Å². The molecule has 0 radical (unpaired) electrons. The van der Waals surface area contributed by atoms with Crippen LogP contribution in [-0.2, 0) is 32.1 Å². The summed E-state index contributed by atoms with van der Waals surface area (Å²) in [4.78, 5) is 48.0. The van der Waals surface area contributed by atoms with Gasteiger partial charge in [-0.05, 0) is 18.4 Å². The molecule has 2 atom stereocenters. The molecule has 0 aromatic heterocycles. The molecular formula is C30H48N4O6. The molecule has 10 nitrogen and oxygen atoms in total. The van der Waals surface area contributed by atoms with Crippen molar-refractivity contribution in [2.75, 3.05) is 0 Å². The molecule has 40 heavy (non-hydrogen) atoms. The summed E-state index contributed by atoms with van der Waals surface area (Å²) in [5, 5.41) is 2.96. The Bertz CT molecular complexity index is 983. The molecule has 1 heterocycles. The van der Waals surface area contributed by atoms with Gasteiger partial charge in [0.05, 0.1) is 12.8 Å². The highest BCUT2D eigenvalue weighted by Crippen LogP contribution is 2.38. The number of hydrogen-bond acceptors (Lipinski definition) is 8. The SMILES string of the molecule is CCCCCCCCCCCCCCCc1ccc2c(c1OC(=O)[C@@H](N)CC(N)=O)OC(=O)[C@H](CC(N)=O)NC2. The minimum absolute atomic E-state index is 0.108. The molecule has 0 saturated heterocycles. The van der Waals surface area contributed by atoms with Crippen molar-refractivity contribution in [2.45, 2.75) is 128 Å². The number of primary amides is 2. The zero-order valence-corrected chi connectivity index (χ0v) is 24.0. The zero-order chi connectivity index (χ0) is 29.3. The number of aryl methyl sites for hydroxylation is 1. The van der Waals surface area contributed by atoms with Gasteiger partial charge in [0, 0.05) is 12.1 Å². The summed E-state index contributed by atoms with van der Waals surface area (Å²) < 4.78 is 11.2. The van der Waals surface area contributed by atoms with E-state index < -0.39 is 35.8 Å². The largest absolute Gasteiger partial charge is 0.421 e. The van der Waals surface area contributed by atoms with E-state index in [1.54, 1.807) is 6.07 Å². The van der Waals surface area contributed by atoms with Crippen molar-refractivity contribution in [3.8, 4) is 11.5 Å². The first-order valence-corrected chi connectivity index (χ1v) is 14.9. The van der Waals surface area contributed by atoms with Crippen LogP contribution in [0.1, 0.15) is 114 Å². The van der Waals surface area contributed by atoms with Gasteiger partial charge in [-0.25, -0.2) is 9.59 Å². The Kier molecular flexibility index (Phi) is 15.3. The van der Waals surface area contributed by atoms with Crippen molar-refractivity contribution < 1.29 is 28.7 Å². The Balaban J connectivity index is 1.95. The monoisotopic (exact) mass is 560 g/mol. The minimum Gasteiger partial charge on any atom is -0.421 e. The molecule has 1 aliphatic rings. The topological polar surface area (TPSA) is 177 Å². The number of fused-ring (bicyclic) bond motifs is 1. The molecule has 0 unspecified atom stereocenters. The molecule has 0 aliphatic carbocycles. The molecule has 0 saturated carbocycles. The summed E-state index contributed by atoms with van der Waals surface area (Å²) >= 11 is 0. The lowest BCUT2D eigenvalue weighted by atomic mass is 10.0. The highest BCUT2D eigenvalue weighted by molar-refractivity contribution is 5.88. The molecule has 10 heteroatoms. The van der Waals surface area contributed by atoms with E-state index in [1.165, 1.54) is 64.2 Å². The second-order valence-electron chi connectivity index (χ2n) is 10.8. The number of hydrogen-bond donors (Lipinski definition) is 4. The first-order chi connectivity index (χ1) is 19.2. The zero-order valence-electron chi connectivity index (χ0n) is 24.0. The van der Waals surface area contributed by atoms with Gasteiger partial charge in [0.25, 0.3) is 0 Å². The lowest BCUT2D eigenvalue weighted by molar-refractivity contribution is -0.140. The quantitative estimate of drug-likeness (QED) is 0.106. The molecule has 0 spiro atoms. The summed E-state index contributed by atoms with van der Waals surface area (Å²) in [5.74, 6) is -2.70. The predicted octanol–water partition coefficient (Wildman–Crippen LogP) is 3.68. The van der Waals surface area contributed by atoms with Gasteiger partial charge in [-0.1, -0.05) is 96.1 Å². The third kappa shape index (κ3) is 12.0. The number of amides is 2. The van der Waals surface area contributed by atoms with E-state index in [1.807, 2.05) is 6.07 Å². The van der Waals surface area contributed by atoms with E-state index in [4.69, 9.17) is 26.7 Å². The molecule has 1 aliphatic heterocycles. The van der Waals surface area contributed by atoms with Gasteiger partial charge >= 0.3 is 11.9 Å². The fourth-order valence-electron chi connectivity index (χ4n) is 4.86. The highest BCUT2D eigenvalue weighted by Gasteiger charge is 2.31. The fraction of sp³-hybridized carbons (Fsp3) is 0.667. The van der Waals surface area contributed by atoms with Crippen LogP contribution in [0.15, 0.2) is 12.1 Å². The Morgan fingerprint density at radius 2 is 1.50 bits per heavy atom. The lowest BCUT2D eigenvalue weighted by Gasteiger charge is -2.18. The Labute approximate surface area is 238 Å². The van der Waals surface area contributed by atoms with Gasteiger partial charge in [-0.3, -0.25) is 14.9 Å². The number of benzene rings is 1. The van der Waals surface area contributed by atoms with Crippen molar-refractivity contribution in [3.05, 3.63) is 23.3 Å². The number of esters is 2. The van der Waals surface area contributed by atoms with Crippen molar-refractivity contribution >= 4 is 23.8 Å². The molecule has 0 fully saturated rings. The standard InChI is InChI=1S/C30H48N4O6/c1-2-3-4-5-6-7-8-9-10-11-12-13-14-15-21-16-17-22-20-34-24(19-26(33)36)30(38)40-28(22)27(21)39-29(37)23(31)18-25(32)35/h16-17,23-24,34H,2-15,18-20,31H2,1H3,(H2,32,35)(H2,33,36)/t23-,24-/m0/s1. The Hall–Kier alpha value is -2.98. The third-order valence-corrected chi connectivity index (χ3v) is 7.18. The van der Waals surface area contributed by atoms with Crippen LogP contribution in [0.3, 0.4) is 0 Å². The molecule has 1 aromatic rings. The van der Waals surface area contributed by atoms with E-state index >= 15 is 0 Å². The molecule has 224 valence electrons. The van der Waals surface area contributed by atoms with Gasteiger partial charge in [0.1, 0.15) is 12.1 Å². The third-order valence-electron chi connectivity index (χ3n) is 7.18. The number of nitrogens with one attached hydrogen (secondary N) is 1. The van der Waals surface area contributed by atoms with Gasteiger partial charge in [-0.2, -0.15) is 0 Å². The lowest BCUT2D eigenvalue weighted by Crippen LogP contribution is -2.40. The highest BCUT2D eigenvalue weighted by atomic mass is 16.6. The van der Waals surface area contributed by atoms with E-state index in [0.29, 0.717) is 17.5 Å². The number of nitrogens with two attached hydrogens (primary N) is 3. The number of rotatable bonds is 20. The van der Waals surface area contributed by atoms with Crippen molar-refractivity contribution in [1.29, 1.82) is 0 Å². The summed E-state index contributed by atoms with van der Waals surface area (Å²) in [6.45, 7) is 2.44. The van der Waals surface area contributed by atoms with Crippen molar-refractivity contribution in [2.24, 2.45) is 17.2 Å². The molecule has 2 amide bonds. The number of ether oxygens (including phenoxy) is 2. The minimum atomic E-state index is -1.25. The second kappa shape index (κ2) is 18.4. The van der Waals surface area contributed by atoms with E-state index in [2.05, 4.69) is 12.2 Å². The molecule has 1 aromatic carbocycles. The second-order valence-corrected chi connectivity index (χ2v) is 10.8. The van der Waals surface area contributed by atoms with E-state index in [9.17, 15) is 19.2 Å². The number of carbonyl (C=O) groups excluding carboxylic acids is 4. The predicted molar refractivity (Wildman–Crippen MR) is 153 cm³/mol. The van der Waals surface area contributed by atoms with Crippen LogP contribution in [0, 0.1) is 0 Å². The van der Waals surface area contributed by atoms with Gasteiger partial charge < -0.3 is 26.7 Å². The summed E-state index contributed by atoms with van der Waals surface area (Å²) in [6.07, 6.45) is 16.0. The van der Waals surface area contributed by atoms with Crippen molar-refractivity contribution in [3.63, 3.8) is 0 Å². The van der Waals surface area contributed by atoms with Crippen LogP contribution in [-0.4, -0.2) is 35.8 Å². The van der Waals surface area contributed by atoms with Crippen LogP contribution in [0.5, 0.6) is 11.5 Å². The van der Waals surface area contributed by atoms with E-state index in [0.717, 1.165) is 19.3 Å². The van der Waals surface area contributed by atoms with Crippen LogP contribution in [0.25, 0.3) is 0 Å². The van der Waals surface area contributed by atoms with Crippen LogP contribution < -0.4 is 32.0 Å². The van der Waals surface area contributed by atoms with Crippen LogP contribution in [0.2, 0.25) is 0 Å². The molecule has 0 bridgehead atoms. The smallest absolute Gasteiger partial charge is 0.329 e. The number of carbonyl (C=O) groups is 4. The summed E-state index contributed by atoms with van der Waals surface area (Å²) in [6, 6.07) is 1.47. The average molecular weight is 561 g/mol. The normalized spacial score (nSPS) is 15.6. The van der Waals surface area contributed by atoms with E-state index in [-0.39, 0.29) is 30.9 Å². The molecular weight excluding hydrogens is 512 g/mol. The van der Waals surface area contributed by atoms with Gasteiger partial charge in [0.15, 0.2) is 11.5 Å². The first kappa shape index (κ1) is 33.2. The van der Waals surface area contributed by atoms with Gasteiger partial charge in [0.2, 0.25) is 11.8 Å². The Morgan fingerprint density at radius 1 is 0.925 bits per heavy atom. The molecule has 7 N–H and O–H groups in total. The number of unbranched alkanes of at least 4 members (excludes halogenated alkanes) is 12. The maximum Gasteiger partial charge on any atom is 0.329 e. The maximum atomic E-state index is 12.7. The first-order valence-electron chi connectivity index (χ1n) is 14.9. The fourth-order valence-corrected chi connectivity index (χ4v) is 4.86. The Morgan fingerprint density at radius 3 is 2.05 bits per heavy atom. The molecule has 2 rings (SSSR count).